The summed E-state index contributed by atoms with van der Waals surface area (Å²) < 4.78 is 16.7. The summed E-state index contributed by atoms with van der Waals surface area (Å²) >= 11 is 0. The molecule has 0 amide bonds. The Morgan fingerprint density at radius 3 is 1.01 bits per heavy atom. The van der Waals surface area contributed by atoms with Crippen LogP contribution in [0.5, 0.6) is 0 Å². The Bertz CT molecular complexity index is 1510. The predicted molar refractivity (Wildman–Crippen MR) is 297 cm³/mol. The standard InChI is InChI=1S/C63H100O6/c1-4-7-10-13-16-19-22-24-25-26-27-28-29-30-31-32-33-34-35-36-37-38-39-40-42-44-47-50-53-56-62(65)68-59-60(58-67-61(64)55-52-49-46-43-21-18-15-12-9-6-3)69-63(66)57-54-51-48-45-41-23-20-17-14-11-8-5-2/h7,10,12,15-17,19-20,24-25,27-28,30-31,33-34,36-37,39-40,44,47,60H,4-6,8-9,11,13-14,18,21-23,26,29,32,35,38,41-43,45-46,48-59H2,1-3H3/b10-7-,15-12-,19-16-,20-17-,25-24-,28-27-,31-30-,34-33-,37-36-,40-39-,47-44-. The van der Waals surface area contributed by atoms with Gasteiger partial charge in [0.15, 0.2) is 6.10 Å². The molecule has 1 atom stereocenters. The third-order valence-corrected chi connectivity index (χ3v) is 11.1. The van der Waals surface area contributed by atoms with E-state index in [1.54, 1.807) is 0 Å². The Hall–Kier alpha value is -4.45. The maximum atomic E-state index is 12.8. The molecule has 0 heterocycles. The third-order valence-electron chi connectivity index (χ3n) is 11.1. The zero-order valence-corrected chi connectivity index (χ0v) is 44.3. The smallest absolute Gasteiger partial charge is 0.306 e. The van der Waals surface area contributed by atoms with Gasteiger partial charge in [0.25, 0.3) is 0 Å². The van der Waals surface area contributed by atoms with E-state index in [-0.39, 0.29) is 37.5 Å². The van der Waals surface area contributed by atoms with E-state index in [1.807, 2.05) is 0 Å². The van der Waals surface area contributed by atoms with E-state index in [0.717, 1.165) is 135 Å². The van der Waals surface area contributed by atoms with Crippen molar-refractivity contribution >= 4 is 17.9 Å². The van der Waals surface area contributed by atoms with Crippen molar-refractivity contribution in [2.45, 2.75) is 232 Å². The van der Waals surface area contributed by atoms with Crippen molar-refractivity contribution < 1.29 is 28.6 Å². The molecule has 0 aromatic rings. The lowest BCUT2D eigenvalue weighted by atomic mass is 10.1. The molecule has 0 aromatic heterocycles. The minimum absolute atomic E-state index is 0.108. The van der Waals surface area contributed by atoms with Gasteiger partial charge in [0.2, 0.25) is 0 Å². The quantitative estimate of drug-likeness (QED) is 0.0262. The fourth-order valence-electron chi connectivity index (χ4n) is 6.97. The van der Waals surface area contributed by atoms with Gasteiger partial charge in [-0.05, 0) is 128 Å². The lowest BCUT2D eigenvalue weighted by Gasteiger charge is -2.18. The normalized spacial score (nSPS) is 13.1. The van der Waals surface area contributed by atoms with Gasteiger partial charge in [0, 0.05) is 19.3 Å². The second-order valence-electron chi connectivity index (χ2n) is 17.7. The monoisotopic (exact) mass is 953 g/mol. The van der Waals surface area contributed by atoms with Gasteiger partial charge in [-0.3, -0.25) is 14.4 Å². The highest BCUT2D eigenvalue weighted by molar-refractivity contribution is 5.71. The topological polar surface area (TPSA) is 78.9 Å². The van der Waals surface area contributed by atoms with Gasteiger partial charge >= 0.3 is 17.9 Å². The summed E-state index contributed by atoms with van der Waals surface area (Å²) in [6.45, 7) is 6.35. The van der Waals surface area contributed by atoms with Crippen LogP contribution in [0.1, 0.15) is 226 Å². The molecule has 0 rings (SSSR count). The van der Waals surface area contributed by atoms with E-state index >= 15 is 0 Å². The molecule has 0 aliphatic carbocycles. The van der Waals surface area contributed by atoms with Crippen LogP contribution in [0, 0.1) is 0 Å². The van der Waals surface area contributed by atoms with Crippen LogP contribution in [-0.4, -0.2) is 37.2 Å². The summed E-state index contributed by atoms with van der Waals surface area (Å²) in [5.74, 6) is -0.999. The van der Waals surface area contributed by atoms with Crippen LogP contribution in [0.25, 0.3) is 0 Å². The average molecular weight is 953 g/mol. The predicted octanol–water partition coefficient (Wildman–Crippen LogP) is 18.6. The van der Waals surface area contributed by atoms with E-state index in [9.17, 15) is 14.4 Å². The first-order valence-corrected chi connectivity index (χ1v) is 27.7. The average Bonchev–Trinajstić information content (AvgIpc) is 3.35. The number of hydrogen-bond acceptors (Lipinski definition) is 6. The van der Waals surface area contributed by atoms with Gasteiger partial charge in [0.05, 0.1) is 0 Å². The molecule has 0 radical (unpaired) electrons. The number of carbonyl (C=O) groups is 3. The van der Waals surface area contributed by atoms with Gasteiger partial charge < -0.3 is 14.2 Å². The highest BCUT2D eigenvalue weighted by atomic mass is 16.6. The first-order valence-electron chi connectivity index (χ1n) is 27.7. The summed E-state index contributed by atoms with van der Waals surface area (Å²) in [4.78, 5) is 37.9. The molecule has 0 aliphatic heterocycles. The lowest BCUT2D eigenvalue weighted by molar-refractivity contribution is -0.167. The summed E-state index contributed by atoms with van der Waals surface area (Å²) in [7, 11) is 0. The van der Waals surface area contributed by atoms with Crippen LogP contribution < -0.4 is 0 Å². The van der Waals surface area contributed by atoms with Crippen molar-refractivity contribution in [2.75, 3.05) is 13.2 Å². The minimum Gasteiger partial charge on any atom is -0.462 e. The van der Waals surface area contributed by atoms with Crippen LogP contribution in [-0.2, 0) is 28.6 Å². The molecule has 388 valence electrons. The molecular formula is C63H100O6. The molecular weight excluding hydrogens is 853 g/mol. The van der Waals surface area contributed by atoms with Crippen LogP contribution in [0.2, 0.25) is 0 Å². The minimum atomic E-state index is -0.812. The second-order valence-corrected chi connectivity index (χ2v) is 17.7. The molecule has 69 heavy (non-hydrogen) atoms. The third kappa shape index (κ3) is 54.4. The Balaban J connectivity index is 4.37. The molecule has 0 spiro atoms. The van der Waals surface area contributed by atoms with Crippen molar-refractivity contribution in [1.82, 2.24) is 0 Å². The number of ether oxygens (including phenoxy) is 3. The number of rotatable bonds is 48. The number of unbranched alkanes of at least 4 members (excludes halogenated alkanes) is 15. The first-order chi connectivity index (χ1) is 34.0. The molecule has 6 nitrogen and oxygen atoms in total. The van der Waals surface area contributed by atoms with Crippen molar-refractivity contribution in [2.24, 2.45) is 0 Å². The van der Waals surface area contributed by atoms with Crippen molar-refractivity contribution in [1.29, 1.82) is 0 Å². The molecule has 0 fully saturated rings. The number of esters is 3. The summed E-state index contributed by atoms with van der Waals surface area (Å²) in [6, 6.07) is 0. The second kappa shape index (κ2) is 56.1. The molecule has 0 aliphatic rings. The summed E-state index contributed by atoms with van der Waals surface area (Å²) in [5.41, 5.74) is 0. The summed E-state index contributed by atoms with van der Waals surface area (Å²) in [5, 5.41) is 0. The zero-order valence-electron chi connectivity index (χ0n) is 44.3. The maximum Gasteiger partial charge on any atom is 0.306 e. The SMILES string of the molecule is CC/C=C\C/C=C\C/C=C\C/C=C\C/C=C\C/C=C\C/C=C\C/C=C\C/C=C\CCCC(=O)OCC(COC(=O)CCCCCCC/C=C\CCC)OC(=O)CCCCCCC/C=C\CCCCC. The van der Waals surface area contributed by atoms with Gasteiger partial charge in [-0.15, -0.1) is 0 Å². The Labute approximate surface area is 424 Å². The zero-order chi connectivity index (χ0) is 50.0. The maximum absolute atomic E-state index is 12.8. The van der Waals surface area contributed by atoms with Crippen molar-refractivity contribution in [3.05, 3.63) is 134 Å². The Morgan fingerprint density at radius 2 is 0.609 bits per heavy atom. The molecule has 6 heteroatoms. The van der Waals surface area contributed by atoms with E-state index in [0.29, 0.717) is 19.3 Å². The lowest BCUT2D eigenvalue weighted by Crippen LogP contribution is -2.30. The van der Waals surface area contributed by atoms with Gasteiger partial charge in [-0.1, -0.05) is 212 Å². The molecule has 0 N–H and O–H groups in total. The highest BCUT2D eigenvalue weighted by Gasteiger charge is 2.19. The van der Waals surface area contributed by atoms with E-state index in [2.05, 4.69) is 154 Å². The molecule has 1 unspecified atom stereocenters. The van der Waals surface area contributed by atoms with Crippen LogP contribution in [0.15, 0.2) is 134 Å². The van der Waals surface area contributed by atoms with Crippen LogP contribution in [0.3, 0.4) is 0 Å². The van der Waals surface area contributed by atoms with E-state index in [1.165, 1.54) is 44.9 Å². The Morgan fingerprint density at radius 1 is 0.304 bits per heavy atom. The van der Waals surface area contributed by atoms with E-state index < -0.39 is 6.10 Å². The van der Waals surface area contributed by atoms with E-state index in [4.69, 9.17) is 14.2 Å². The number of hydrogen-bond donors (Lipinski definition) is 0. The van der Waals surface area contributed by atoms with Crippen molar-refractivity contribution in [3.63, 3.8) is 0 Å². The molecule has 0 bridgehead atoms. The largest absolute Gasteiger partial charge is 0.462 e. The van der Waals surface area contributed by atoms with Crippen LogP contribution in [0.4, 0.5) is 0 Å². The highest BCUT2D eigenvalue weighted by Crippen LogP contribution is 2.12. The molecule has 0 saturated heterocycles. The number of allylic oxidation sites excluding steroid dienone is 22. The molecule has 0 saturated carbocycles. The number of carbonyl (C=O) groups excluding carboxylic acids is 3. The van der Waals surface area contributed by atoms with Crippen LogP contribution >= 0.6 is 0 Å². The summed E-state index contributed by atoms with van der Waals surface area (Å²) in [6.07, 6.45) is 78.9. The Kier molecular flexibility index (Phi) is 52.5. The molecule has 0 aromatic carbocycles. The van der Waals surface area contributed by atoms with Crippen molar-refractivity contribution in [3.8, 4) is 0 Å². The van der Waals surface area contributed by atoms with Gasteiger partial charge in [-0.2, -0.15) is 0 Å². The fourth-order valence-corrected chi connectivity index (χ4v) is 6.97. The van der Waals surface area contributed by atoms with Gasteiger partial charge in [0.1, 0.15) is 13.2 Å². The first kappa shape index (κ1) is 64.5. The fraction of sp³-hybridized carbons (Fsp3) is 0.603. The van der Waals surface area contributed by atoms with Gasteiger partial charge in [-0.25, -0.2) is 0 Å².